The van der Waals surface area contributed by atoms with Gasteiger partial charge in [-0.2, -0.15) is 0 Å². The van der Waals surface area contributed by atoms with Crippen molar-refractivity contribution in [2.75, 3.05) is 12.3 Å². The summed E-state index contributed by atoms with van der Waals surface area (Å²) >= 11 is 1.66. The molecular weight excluding hydrogens is 335 g/mol. The zero-order valence-electron chi connectivity index (χ0n) is 13.7. The SMILES string of the molecule is O=C(Cc1cccc2cccnc12)NCCCSc1ccc(F)cc1. The minimum Gasteiger partial charge on any atom is -0.356 e. The minimum atomic E-state index is -0.223. The van der Waals surface area contributed by atoms with E-state index in [1.807, 2.05) is 30.3 Å². The van der Waals surface area contributed by atoms with Crippen molar-refractivity contribution in [2.45, 2.75) is 17.7 Å². The third-order valence-electron chi connectivity index (χ3n) is 3.79. The lowest BCUT2D eigenvalue weighted by Gasteiger charge is -2.07. The maximum atomic E-state index is 12.8. The lowest BCUT2D eigenvalue weighted by molar-refractivity contribution is -0.120. The molecule has 0 aliphatic rings. The van der Waals surface area contributed by atoms with Crippen molar-refractivity contribution >= 4 is 28.6 Å². The predicted molar refractivity (Wildman–Crippen MR) is 100 cm³/mol. The Morgan fingerprint density at radius 3 is 2.72 bits per heavy atom. The smallest absolute Gasteiger partial charge is 0.224 e. The molecule has 0 unspecified atom stereocenters. The molecule has 0 radical (unpaired) electrons. The average molecular weight is 354 g/mol. The van der Waals surface area contributed by atoms with Gasteiger partial charge in [-0.1, -0.05) is 24.3 Å². The molecule has 0 aliphatic heterocycles. The first-order valence-electron chi connectivity index (χ1n) is 8.20. The van der Waals surface area contributed by atoms with Gasteiger partial charge in [0.15, 0.2) is 0 Å². The first-order valence-corrected chi connectivity index (χ1v) is 9.18. The highest BCUT2D eigenvalue weighted by molar-refractivity contribution is 7.99. The molecule has 1 N–H and O–H groups in total. The number of nitrogens with zero attached hydrogens (tertiary/aromatic N) is 1. The van der Waals surface area contributed by atoms with Crippen LogP contribution in [0.1, 0.15) is 12.0 Å². The molecule has 0 aliphatic carbocycles. The topological polar surface area (TPSA) is 42.0 Å². The Balaban J connectivity index is 1.43. The van der Waals surface area contributed by atoms with E-state index >= 15 is 0 Å². The van der Waals surface area contributed by atoms with Crippen LogP contribution in [0.5, 0.6) is 0 Å². The van der Waals surface area contributed by atoms with Crippen LogP contribution in [0.4, 0.5) is 4.39 Å². The van der Waals surface area contributed by atoms with Crippen molar-refractivity contribution in [2.24, 2.45) is 0 Å². The summed E-state index contributed by atoms with van der Waals surface area (Å²) in [6, 6.07) is 16.2. The van der Waals surface area contributed by atoms with Crippen LogP contribution in [0.2, 0.25) is 0 Å². The number of carbonyl (C=O) groups is 1. The van der Waals surface area contributed by atoms with Gasteiger partial charge in [-0.25, -0.2) is 4.39 Å². The van der Waals surface area contributed by atoms with E-state index in [0.29, 0.717) is 13.0 Å². The zero-order valence-corrected chi connectivity index (χ0v) is 14.6. The van der Waals surface area contributed by atoms with E-state index in [0.717, 1.165) is 33.5 Å². The lowest BCUT2D eigenvalue weighted by atomic mass is 10.1. The number of rotatable bonds is 7. The Bertz CT molecular complexity index is 846. The second-order valence-corrected chi connectivity index (χ2v) is 6.84. The molecule has 1 amide bonds. The Morgan fingerprint density at radius 2 is 1.88 bits per heavy atom. The number of nitrogens with one attached hydrogen (secondary N) is 1. The maximum absolute atomic E-state index is 12.8. The molecule has 1 heterocycles. The van der Waals surface area contributed by atoms with Crippen LogP contribution in [-0.4, -0.2) is 23.2 Å². The molecule has 0 fully saturated rings. The van der Waals surface area contributed by atoms with Crippen LogP contribution in [0.3, 0.4) is 0 Å². The summed E-state index contributed by atoms with van der Waals surface area (Å²) in [5.41, 5.74) is 1.82. The van der Waals surface area contributed by atoms with Crippen LogP contribution in [0, 0.1) is 5.82 Å². The fourth-order valence-electron chi connectivity index (χ4n) is 2.57. The number of hydrogen-bond acceptors (Lipinski definition) is 3. The molecule has 25 heavy (non-hydrogen) atoms. The van der Waals surface area contributed by atoms with Gasteiger partial charge in [0.25, 0.3) is 0 Å². The molecule has 3 nitrogen and oxygen atoms in total. The Kier molecular flexibility index (Phi) is 6.01. The number of amides is 1. The highest BCUT2D eigenvalue weighted by Gasteiger charge is 2.07. The van der Waals surface area contributed by atoms with E-state index < -0.39 is 0 Å². The Labute approximate surface area is 150 Å². The Hall–Kier alpha value is -2.40. The van der Waals surface area contributed by atoms with Crippen molar-refractivity contribution in [3.05, 3.63) is 72.2 Å². The predicted octanol–water partition coefficient (Wildman–Crippen LogP) is 4.22. The van der Waals surface area contributed by atoms with Gasteiger partial charge >= 0.3 is 0 Å². The minimum absolute atomic E-state index is 0.00457. The van der Waals surface area contributed by atoms with Crippen molar-refractivity contribution in [3.8, 4) is 0 Å². The van der Waals surface area contributed by atoms with Gasteiger partial charge in [0.1, 0.15) is 5.82 Å². The van der Waals surface area contributed by atoms with Crippen LogP contribution in [0.25, 0.3) is 10.9 Å². The Morgan fingerprint density at radius 1 is 1.08 bits per heavy atom. The number of aromatic nitrogens is 1. The van der Waals surface area contributed by atoms with E-state index in [2.05, 4.69) is 10.3 Å². The van der Waals surface area contributed by atoms with Crippen molar-refractivity contribution in [1.82, 2.24) is 10.3 Å². The second kappa shape index (κ2) is 8.62. The molecule has 128 valence electrons. The number of thioether (sulfide) groups is 1. The molecule has 5 heteroatoms. The number of halogens is 1. The monoisotopic (exact) mass is 354 g/mol. The van der Waals surface area contributed by atoms with Crippen molar-refractivity contribution in [3.63, 3.8) is 0 Å². The third-order valence-corrected chi connectivity index (χ3v) is 4.89. The van der Waals surface area contributed by atoms with E-state index in [9.17, 15) is 9.18 Å². The highest BCUT2D eigenvalue weighted by atomic mass is 32.2. The summed E-state index contributed by atoms with van der Waals surface area (Å²) < 4.78 is 12.8. The number of benzene rings is 2. The highest BCUT2D eigenvalue weighted by Crippen LogP contribution is 2.19. The summed E-state index contributed by atoms with van der Waals surface area (Å²) in [5.74, 6) is 0.659. The summed E-state index contributed by atoms with van der Waals surface area (Å²) in [6.45, 7) is 0.630. The molecule has 0 saturated carbocycles. The number of carbonyl (C=O) groups excluding carboxylic acids is 1. The molecule has 0 atom stereocenters. The molecule has 2 aromatic carbocycles. The fourth-order valence-corrected chi connectivity index (χ4v) is 3.42. The molecule has 1 aromatic heterocycles. The molecular formula is C20H19FN2OS. The average Bonchev–Trinajstić information content (AvgIpc) is 2.63. The summed E-state index contributed by atoms with van der Waals surface area (Å²) in [5, 5.41) is 4.00. The fraction of sp³-hybridized carbons (Fsp3) is 0.200. The standard InChI is InChI=1S/C20H19FN2OS/c21-17-7-9-18(10-8-17)25-13-3-12-22-19(24)14-16-5-1-4-15-6-2-11-23-20(15)16/h1-2,4-11H,3,12-14H2,(H,22,24). The number of pyridine rings is 1. The van der Waals surface area contributed by atoms with Gasteiger partial charge in [0.2, 0.25) is 5.91 Å². The van der Waals surface area contributed by atoms with Gasteiger partial charge < -0.3 is 5.32 Å². The summed E-state index contributed by atoms with van der Waals surface area (Å²) in [6.07, 6.45) is 2.94. The van der Waals surface area contributed by atoms with Crippen LogP contribution >= 0.6 is 11.8 Å². The van der Waals surface area contributed by atoms with E-state index in [-0.39, 0.29) is 11.7 Å². The first-order chi connectivity index (χ1) is 12.2. The largest absolute Gasteiger partial charge is 0.356 e. The molecule has 0 spiro atoms. The van der Waals surface area contributed by atoms with Crippen molar-refractivity contribution in [1.29, 1.82) is 0 Å². The molecule has 3 rings (SSSR count). The molecule has 0 saturated heterocycles. The quantitative estimate of drug-likeness (QED) is 0.510. The number of hydrogen-bond donors (Lipinski definition) is 1. The maximum Gasteiger partial charge on any atom is 0.224 e. The van der Waals surface area contributed by atoms with Crippen LogP contribution < -0.4 is 5.32 Å². The van der Waals surface area contributed by atoms with E-state index in [1.54, 1.807) is 30.1 Å². The first kappa shape index (κ1) is 17.4. The third kappa shape index (κ3) is 5.03. The number of para-hydroxylation sites is 1. The van der Waals surface area contributed by atoms with Crippen LogP contribution in [0.15, 0.2) is 65.7 Å². The zero-order chi connectivity index (χ0) is 17.5. The van der Waals surface area contributed by atoms with Gasteiger partial charge in [0.05, 0.1) is 11.9 Å². The molecule has 3 aromatic rings. The van der Waals surface area contributed by atoms with Gasteiger partial charge in [0, 0.05) is 23.0 Å². The normalized spacial score (nSPS) is 10.8. The number of fused-ring (bicyclic) bond motifs is 1. The summed E-state index contributed by atoms with van der Waals surface area (Å²) in [4.78, 5) is 17.5. The lowest BCUT2D eigenvalue weighted by Crippen LogP contribution is -2.26. The van der Waals surface area contributed by atoms with E-state index in [1.165, 1.54) is 12.1 Å². The molecule has 0 bridgehead atoms. The second-order valence-electron chi connectivity index (χ2n) is 5.67. The van der Waals surface area contributed by atoms with E-state index in [4.69, 9.17) is 0 Å². The summed E-state index contributed by atoms with van der Waals surface area (Å²) in [7, 11) is 0. The van der Waals surface area contributed by atoms with Crippen LogP contribution in [-0.2, 0) is 11.2 Å². The van der Waals surface area contributed by atoms with Crippen molar-refractivity contribution < 1.29 is 9.18 Å². The van der Waals surface area contributed by atoms with Gasteiger partial charge in [-0.3, -0.25) is 9.78 Å². The van der Waals surface area contributed by atoms with Gasteiger partial charge in [-0.15, -0.1) is 11.8 Å². The van der Waals surface area contributed by atoms with Gasteiger partial charge in [-0.05, 0) is 48.1 Å².